The van der Waals surface area contributed by atoms with Crippen LogP contribution >= 0.6 is 11.6 Å². The molecular formula is C22H16ClF3N2O3. The minimum atomic E-state index is -4.39. The van der Waals surface area contributed by atoms with E-state index in [0.717, 1.165) is 17.7 Å². The lowest BCUT2D eigenvalue weighted by Crippen LogP contribution is -2.17. The van der Waals surface area contributed by atoms with Crippen LogP contribution in [0, 0.1) is 0 Å². The number of aromatic hydroxyl groups is 1. The fraction of sp³-hybridized carbons (Fsp3) is 0.0909. The number of halogens is 4. The Hall–Kier alpha value is -3.52. The number of hydrogen-bond donors (Lipinski definition) is 2. The molecule has 0 unspecified atom stereocenters. The van der Waals surface area contributed by atoms with Crippen molar-refractivity contribution in [2.24, 2.45) is 5.10 Å². The number of carbonyl (C=O) groups is 1. The summed E-state index contributed by atoms with van der Waals surface area (Å²) in [6, 6.07) is 15.6. The molecule has 0 radical (unpaired) electrons. The molecular weight excluding hydrogens is 433 g/mol. The Labute approximate surface area is 180 Å². The number of alkyl halides is 3. The van der Waals surface area contributed by atoms with E-state index in [9.17, 15) is 23.1 Å². The summed E-state index contributed by atoms with van der Waals surface area (Å²) in [6.45, 7) is 0.144. The van der Waals surface area contributed by atoms with Crippen molar-refractivity contribution in [2.75, 3.05) is 0 Å². The van der Waals surface area contributed by atoms with E-state index >= 15 is 0 Å². The van der Waals surface area contributed by atoms with Gasteiger partial charge in [-0.2, -0.15) is 18.3 Å². The summed E-state index contributed by atoms with van der Waals surface area (Å²) in [6.07, 6.45) is -2.96. The number of nitrogens with one attached hydrogen (secondary N) is 1. The molecule has 0 aliphatic heterocycles. The number of amides is 1. The lowest BCUT2D eigenvalue weighted by molar-refractivity contribution is -0.137. The Morgan fingerprint density at radius 2 is 1.84 bits per heavy atom. The van der Waals surface area contributed by atoms with Crippen molar-refractivity contribution in [1.82, 2.24) is 5.43 Å². The topological polar surface area (TPSA) is 70.9 Å². The molecule has 160 valence electrons. The summed E-state index contributed by atoms with van der Waals surface area (Å²) in [5, 5.41) is 13.3. The summed E-state index contributed by atoms with van der Waals surface area (Å²) < 4.78 is 43.3. The zero-order valence-corrected chi connectivity index (χ0v) is 16.6. The maximum absolute atomic E-state index is 12.6. The van der Waals surface area contributed by atoms with Gasteiger partial charge in [-0.25, -0.2) is 5.43 Å². The first kappa shape index (κ1) is 22.2. The normalized spacial score (nSPS) is 11.5. The SMILES string of the molecule is O=C(N/N=C/c1cccc(COc2ccc(C(F)(F)F)cc2)c1)c1ccc(O)c(Cl)c1. The van der Waals surface area contributed by atoms with E-state index in [4.69, 9.17) is 16.3 Å². The van der Waals surface area contributed by atoms with E-state index in [2.05, 4.69) is 10.5 Å². The van der Waals surface area contributed by atoms with Crippen LogP contribution in [0.5, 0.6) is 11.5 Å². The predicted octanol–water partition coefficient (Wildman–Crippen LogP) is 5.41. The van der Waals surface area contributed by atoms with Gasteiger partial charge < -0.3 is 9.84 Å². The first-order chi connectivity index (χ1) is 14.7. The minimum Gasteiger partial charge on any atom is -0.506 e. The van der Waals surface area contributed by atoms with Gasteiger partial charge in [0.25, 0.3) is 5.91 Å². The second kappa shape index (κ2) is 9.53. The number of hydrazone groups is 1. The molecule has 3 aromatic rings. The average molecular weight is 449 g/mol. The molecule has 0 aliphatic carbocycles. The highest BCUT2D eigenvalue weighted by atomic mass is 35.5. The summed E-state index contributed by atoms with van der Waals surface area (Å²) in [5.74, 6) is -0.316. The Kier molecular flexibility index (Phi) is 6.81. The monoisotopic (exact) mass is 448 g/mol. The molecule has 0 spiro atoms. The van der Waals surface area contributed by atoms with Gasteiger partial charge in [0.15, 0.2) is 0 Å². The van der Waals surface area contributed by atoms with E-state index in [1.54, 1.807) is 24.3 Å². The number of ether oxygens (including phenoxy) is 1. The number of carbonyl (C=O) groups excluding carboxylic acids is 1. The smallest absolute Gasteiger partial charge is 0.416 e. The number of nitrogens with zero attached hydrogens (tertiary/aromatic N) is 1. The summed E-state index contributed by atoms with van der Waals surface area (Å²) in [4.78, 5) is 12.1. The standard InChI is InChI=1S/C22H16ClF3N2O3/c23-19-11-16(4-9-20(19)29)21(30)28-27-12-14-2-1-3-15(10-14)13-31-18-7-5-17(6-8-18)22(24,25)26/h1-12,29H,13H2,(H,28,30)/b27-12+. The predicted molar refractivity (Wildman–Crippen MR) is 110 cm³/mol. The molecule has 2 N–H and O–H groups in total. The van der Waals surface area contributed by atoms with Crippen molar-refractivity contribution in [2.45, 2.75) is 12.8 Å². The maximum atomic E-state index is 12.6. The van der Waals surface area contributed by atoms with E-state index in [1.807, 2.05) is 0 Å². The van der Waals surface area contributed by atoms with Gasteiger partial charge in [0.05, 0.1) is 16.8 Å². The Balaban J connectivity index is 1.57. The molecule has 31 heavy (non-hydrogen) atoms. The molecule has 0 aromatic heterocycles. The van der Waals surface area contributed by atoms with Crippen LogP contribution in [-0.4, -0.2) is 17.2 Å². The molecule has 5 nitrogen and oxygen atoms in total. The van der Waals surface area contributed by atoms with Crippen molar-refractivity contribution >= 4 is 23.7 Å². The first-order valence-electron chi connectivity index (χ1n) is 8.93. The van der Waals surface area contributed by atoms with Crippen LogP contribution in [0.4, 0.5) is 13.2 Å². The highest BCUT2D eigenvalue weighted by molar-refractivity contribution is 6.32. The molecule has 0 saturated carbocycles. The van der Waals surface area contributed by atoms with E-state index < -0.39 is 17.6 Å². The second-order valence-corrected chi connectivity index (χ2v) is 6.83. The highest BCUT2D eigenvalue weighted by Gasteiger charge is 2.30. The number of benzene rings is 3. The molecule has 0 bridgehead atoms. The summed E-state index contributed by atoms with van der Waals surface area (Å²) in [5.41, 5.74) is 3.29. The van der Waals surface area contributed by atoms with Gasteiger partial charge in [-0.3, -0.25) is 4.79 Å². The van der Waals surface area contributed by atoms with Crippen molar-refractivity contribution in [3.05, 3.63) is 94.0 Å². The zero-order valence-electron chi connectivity index (χ0n) is 15.9. The summed E-state index contributed by atoms with van der Waals surface area (Å²) in [7, 11) is 0. The lowest BCUT2D eigenvalue weighted by atomic mass is 10.1. The fourth-order valence-corrected chi connectivity index (χ4v) is 2.73. The first-order valence-corrected chi connectivity index (χ1v) is 9.31. The van der Waals surface area contributed by atoms with Crippen molar-refractivity contribution in [1.29, 1.82) is 0 Å². The van der Waals surface area contributed by atoms with Gasteiger partial charge in [0.1, 0.15) is 18.1 Å². The van der Waals surface area contributed by atoms with Crippen LogP contribution in [0.3, 0.4) is 0 Å². The van der Waals surface area contributed by atoms with Gasteiger partial charge in [-0.1, -0.05) is 29.8 Å². The largest absolute Gasteiger partial charge is 0.506 e. The number of phenols is 1. The second-order valence-electron chi connectivity index (χ2n) is 6.42. The van der Waals surface area contributed by atoms with Crippen LogP contribution in [0.25, 0.3) is 0 Å². The van der Waals surface area contributed by atoms with Crippen molar-refractivity contribution in [3.63, 3.8) is 0 Å². The van der Waals surface area contributed by atoms with Crippen LogP contribution < -0.4 is 10.2 Å². The number of phenolic OH excluding ortho intramolecular Hbond substituents is 1. The van der Waals surface area contributed by atoms with Crippen molar-refractivity contribution in [3.8, 4) is 11.5 Å². The highest BCUT2D eigenvalue weighted by Crippen LogP contribution is 2.30. The Morgan fingerprint density at radius 3 is 2.52 bits per heavy atom. The van der Waals surface area contributed by atoms with Gasteiger partial charge >= 0.3 is 6.18 Å². The van der Waals surface area contributed by atoms with Crippen LogP contribution in [0.15, 0.2) is 71.8 Å². The third-order valence-corrected chi connectivity index (χ3v) is 4.43. The molecule has 0 aliphatic rings. The van der Waals surface area contributed by atoms with Gasteiger partial charge in [-0.15, -0.1) is 0 Å². The van der Waals surface area contributed by atoms with E-state index in [-0.39, 0.29) is 22.9 Å². The third kappa shape index (κ3) is 6.23. The Morgan fingerprint density at radius 1 is 1.10 bits per heavy atom. The fourth-order valence-electron chi connectivity index (χ4n) is 2.55. The van der Waals surface area contributed by atoms with E-state index in [0.29, 0.717) is 11.3 Å². The molecule has 0 atom stereocenters. The maximum Gasteiger partial charge on any atom is 0.416 e. The molecule has 0 saturated heterocycles. The zero-order chi connectivity index (χ0) is 22.4. The number of rotatable bonds is 6. The van der Waals surface area contributed by atoms with Gasteiger partial charge in [-0.05, 0) is 59.7 Å². The summed E-state index contributed by atoms with van der Waals surface area (Å²) >= 11 is 5.78. The third-order valence-electron chi connectivity index (χ3n) is 4.13. The number of hydrogen-bond acceptors (Lipinski definition) is 4. The molecule has 0 fully saturated rings. The molecule has 3 aromatic carbocycles. The van der Waals surface area contributed by atoms with Crippen LogP contribution in [-0.2, 0) is 12.8 Å². The molecule has 1 amide bonds. The minimum absolute atomic E-state index is 0.0531. The molecule has 3 rings (SSSR count). The van der Waals surface area contributed by atoms with Crippen LogP contribution in [0.1, 0.15) is 27.0 Å². The molecule has 0 heterocycles. The quantitative estimate of drug-likeness (QED) is 0.391. The molecule has 9 heteroatoms. The average Bonchev–Trinajstić information content (AvgIpc) is 2.74. The lowest BCUT2D eigenvalue weighted by Gasteiger charge is -2.09. The van der Waals surface area contributed by atoms with Crippen molar-refractivity contribution < 1.29 is 27.8 Å². The van der Waals surface area contributed by atoms with Gasteiger partial charge in [0.2, 0.25) is 0 Å². The Bertz CT molecular complexity index is 1100. The van der Waals surface area contributed by atoms with E-state index in [1.165, 1.54) is 36.5 Å². The van der Waals surface area contributed by atoms with Crippen LogP contribution in [0.2, 0.25) is 5.02 Å². The van der Waals surface area contributed by atoms with Gasteiger partial charge in [0, 0.05) is 5.56 Å².